The Hall–Kier alpha value is -0.200. The molecule has 0 aromatic heterocycles. The highest BCUT2D eigenvalue weighted by atomic mass is 16.5. The van der Waals surface area contributed by atoms with Gasteiger partial charge in [0.05, 0.1) is 33.0 Å². The van der Waals surface area contributed by atoms with E-state index < -0.39 is 0 Å². The van der Waals surface area contributed by atoms with E-state index >= 15 is 0 Å². The molecule has 18 heavy (non-hydrogen) atoms. The van der Waals surface area contributed by atoms with Crippen molar-refractivity contribution in [1.29, 1.82) is 0 Å². The van der Waals surface area contributed by atoms with E-state index in [0.29, 0.717) is 32.5 Å². The van der Waals surface area contributed by atoms with E-state index in [1.807, 2.05) is 0 Å². The van der Waals surface area contributed by atoms with Gasteiger partial charge in [0.15, 0.2) is 0 Å². The Kier molecular flexibility index (Phi) is 9.42. The number of nitrogens with zero attached hydrogens (tertiary/aromatic N) is 1. The molecule has 5 nitrogen and oxygen atoms in total. The maximum atomic E-state index is 5.52. The van der Waals surface area contributed by atoms with Gasteiger partial charge in [-0.3, -0.25) is 0 Å². The quantitative estimate of drug-likeness (QED) is 0.543. The molecule has 5 heteroatoms. The van der Waals surface area contributed by atoms with Crippen LogP contribution in [-0.4, -0.2) is 77.8 Å². The lowest BCUT2D eigenvalue weighted by atomic mass is 10.2. The Bertz CT molecular complexity index is 187. The smallest absolute Gasteiger partial charge is 0.0701 e. The fourth-order valence-corrected chi connectivity index (χ4v) is 2.06. The van der Waals surface area contributed by atoms with Gasteiger partial charge >= 0.3 is 0 Å². The Labute approximate surface area is 111 Å². The van der Waals surface area contributed by atoms with E-state index in [0.717, 1.165) is 19.7 Å². The fourth-order valence-electron chi connectivity index (χ4n) is 2.06. The minimum atomic E-state index is 0.646. The Morgan fingerprint density at radius 3 is 2.50 bits per heavy atom. The Morgan fingerprint density at radius 2 is 1.83 bits per heavy atom. The molecule has 0 aromatic carbocycles. The highest BCUT2D eigenvalue weighted by Crippen LogP contribution is 2.05. The first kappa shape index (κ1) is 15.9. The molecule has 0 amide bonds. The van der Waals surface area contributed by atoms with Crippen LogP contribution in [0.15, 0.2) is 0 Å². The van der Waals surface area contributed by atoms with Gasteiger partial charge in [0.1, 0.15) is 0 Å². The lowest BCUT2D eigenvalue weighted by Crippen LogP contribution is -2.36. The van der Waals surface area contributed by atoms with Gasteiger partial charge in [0, 0.05) is 26.2 Å². The summed E-state index contributed by atoms with van der Waals surface area (Å²) in [5.41, 5.74) is 0. The van der Waals surface area contributed by atoms with E-state index in [1.165, 1.54) is 19.4 Å². The molecule has 108 valence electrons. The Balaban J connectivity index is 1.81. The summed E-state index contributed by atoms with van der Waals surface area (Å²) >= 11 is 0. The van der Waals surface area contributed by atoms with Crippen molar-refractivity contribution >= 4 is 0 Å². The molecule has 1 aliphatic heterocycles. The van der Waals surface area contributed by atoms with Crippen molar-refractivity contribution in [3.05, 3.63) is 0 Å². The van der Waals surface area contributed by atoms with Crippen LogP contribution in [0.25, 0.3) is 0 Å². The van der Waals surface area contributed by atoms with Crippen LogP contribution >= 0.6 is 0 Å². The van der Waals surface area contributed by atoms with Gasteiger partial charge in [0.2, 0.25) is 0 Å². The van der Waals surface area contributed by atoms with E-state index in [4.69, 9.17) is 14.2 Å². The topological polar surface area (TPSA) is 43.0 Å². The highest BCUT2D eigenvalue weighted by Gasteiger charge is 2.15. The normalized spacial score (nSPS) is 19.8. The third-order valence-corrected chi connectivity index (χ3v) is 3.12. The van der Waals surface area contributed by atoms with Gasteiger partial charge in [-0.15, -0.1) is 0 Å². The second-order valence-corrected chi connectivity index (χ2v) is 4.77. The van der Waals surface area contributed by atoms with Crippen LogP contribution in [0.1, 0.15) is 12.8 Å². The number of nitrogens with one attached hydrogen (secondary N) is 1. The number of methoxy groups -OCH3 is 1. The third kappa shape index (κ3) is 8.00. The second kappa shape index (κ2) is 10.7. The predicted octanol–water partition coefficient (Wildman–Crippen LogP) is 0.350. The molecule has 1 aliphatic rings. The summed E-state index contributed by atoms with van der Waals surface area (Å²) < 4.78 is 15.7. The third-order valence-electron chi connectivity index (χ3n) is 3.12. The molecule has 1 saturated heterocycles. The molecule has 1 atom stereocenters. The van der Waals surface area contributed by atoms with Crippen LogP contribution in [0.2, 0.25) is 0 Å². The van der Waals surface area contributed by atoms with E-state index in [1.54, 1.807) is 7.11 Å². The van der Waals surface area contributed by atoms with Gasteiger partial charge in [-0.1, -0.05) is 0 Å². The molecule has 1 N–H and O–H groups in total. The maximum absolute atomic E-state index is 5.52. The average molecular weight is 260 g/mol. The first-order chi connectivity index (χ1) is 8.83. The van der Waals surface area contributed by atoms with Crippen molar-refractivity contribution in [3.8, 4) is 0 Å². The van der Waals surface area contributed by atoms with Gasteiger partial charge in [0.25, 0.3) is 0 Å². The molecular formula is C13H28N2O3. The van der Waals surface area contributed by atoms with E-state index in [9.17, 15) is 0 Å². The summed E-state index contributed by atoms with van der Waals surface area (Å²) in [5.74, 6) is 0. The zero-order valence-corrected chi connectivity index (χ0v) is 11.8. The van der Waals surface area contributed by atoms with Gasteiger partial charge < -0.3 is 24.4 Å². The summed E-state index contributed by atoms with van der Waals surface area (Å²) in [5, 5.41) is 3.50. The summed E-state index contributed by atoms with van der Waals surface area (Å²) in [6.07, 6.45) is 2.62. The van der Waals surface area contributed by atoms with Crippen LogP contribution in [-0.2, 0) is 14.2 Å². The molecular weight excluding hydrogens is 232 g/mol. The molecule has 0 aliphatic carbocycles. The fraction of sp³-hybridized carbons (Fsp3) is 1.00. The lowest BCUT2D eigenvalue weighted by Gasteiger charge is -2.20. The Morgan fingerprint density at radius 1 is 1.11 bits per heavy atom. The molecule has 0 bridgehead atoms. The summed E-state index contributed by atoms with van der Waals surface area (Å²) in [4.78, 5) is 2.33. The highest BCUT2D eigenvalue weighted by molar-refractivity contribution is 4.76. The summed E-state index contributed by atoms with van der Waals surface area (Å²) in [6.45, 7) is 6.66. The largest absolute Gasteiger partial charge is 0.382 e. The summed E-state index contributed by atoms with van der Waals surface area (Å²) in [6, 6.07) is 0.673. The standard InChI is InChI=1S/C13H28N2O3/c1-15(12-13-4-3-5-14-13)6-7-17-10-11-18-9-8-16-2/h13-14H,3-12H2,1-2H3. The SMILES string of the molecule is COCCOCCOCCN(C)CC1CCCN1. The number of likely N-dealkylation sites (N-methyl/N-ethyl adjacent to an activating group) is 1. The molecule has 1 heterocycles. The zero-order chi connectivity index (χ0) is 13.1. The van der Waals surface area contributed by atoms with Crippen molar-refractivity contribution in [1.82, 2.24) is 10.2 Å². The zero-order valence-electron chi connectivity index (χ0n) is 11.8. The van der Waals surface area contributed by atoms with Crippen molar-refractivity contribution < 1.29 is 14.2 Å². The molecule has 0 spiro atoms. The maximum Gasteiger partial charge on any atom is 0.0701 e. The minimum absolute atomic E-state index is 0.646. The molecule has 1 rings (SSSR count). The number of hydrogen-bond donors (Lipinski definition) is 1. The molecule has 1 fully saturated rings. The monoisotopic (exact) mass is 260 g/mol. The first-order valence-corrected chi connectivity index (χ1v) is 6.89. The van der Waals surface area contributed by atoms with Crippen LogP contribution in [0.3, 0.4) is 0 Å². The molecule has 1 unspecified atom stereocenters. The molecule has 0 radical (unpaired) electrons. The van der Waals surface area contributed by atoms with Gasteiger partial charge in [-0.25, -0.2) is 0 Å². The van der Waals surface area contributed by atoms with Crippen LogP contribution in [0.4, 0.5) is 0 Å². The number of hydrogen-bond acceptors (Lipinski definition) is 5. The van der Waals surface area contributed by atoms with E-state index in [-0.39, 0.29) is 0 Å². The van der Waals surface area contributed by atoms with Crippen LogP contribution in [0, 0.1) is 0 Å². The van der Waals surface area contributed by atoms with Crippen molar-refractivity contribution in [3.63, 3.8) is 0 Å². The van der Waals surface area contributed by atoms with Gasteiger partial charge in [-0.05, 0) is 26.4 Å². The van der Waals surface area contributed by atoms with Crippen molar-refractivity contribution in [2.45, 2.75) is 18.9 Å². The molecule has 0 aromatic rings. The number of rotatable bonds is 11. The first-order valence-electron chi connectivity index (χ1n) is 6.89. The lowest BCUT2D eigenvalue weighted by molar-refractivity contribution is 0.0205. The van der Waals surface area contributed by atoms with Crippen LogP contribution < -0.4 is 5.32 Å². The summed E-state index contributed by atoms with van der Waals surface area (Å²) in [7, 11) is 3.83. The van der Waals surface area contributed by atoms with E-state index in [2.05, 4.69) is 17.3 Å². The second-order valence-electron chi connectivity index (χ2n) is 4.77. The molecule has 0 saturated carbocycles. The number of ether oxygens (including phenoxy) is 3. The minimum Gasteiger partial charge on any atom is -0.382 e. The van der Waals surface area contributed by atoms with Gasteiger partial charge in [-0.2, -0.15) is 0 Å². The van der Waals surface area contributed by atoms with Crippen LogP contribution in [0.5, 0.6) is 0 Å². The predicted molar refractivity (Wildman–Crippen MR) is 72.0 cm³/mol. The average Bonchev–Trinajstić information content (AvgIpc) is 2.85. The van der Waals surface area contributed by atoms with Crippen molar-refractivity contribution in [2.75, 3.05) is 66.8 Å². The van der Waals surface area contributed by atoms with Crippen molar-refractivity contribution in [2.24, 2.45) is 0 Å².